The van der Waals surface area contributed by atoms with Gasteiger partial charge in [-0.1, -0.05) is 6.07 Å². The molecule has 1 aromatic rings. The van der Waals surface area contributed by atoms with Crippen LogP contribution in [0.25, 0.3) is 0 Å². The maximum atomic E-state index is 12.4. The maximum Gasteiger partial charge on any atom is 0.272 e. The Morgan fingerprint density at radius 1 is 1.61 bits per heavy atom. The van der Waals surface area contributed by atoms with Gasteiger partial charge in [-0.2, -0.15) is 0 Å². The van der Waals surface area contributed by atoms with Crippen molar-refractivity contribution >= 4 is 5.91 Å². The van der Waals surface area contributed by atoms with Crippen LogP contribution in [0.15, 0.2) is 18.2 Å². The normalized spacial score (nSPS) is 21.1. The number of pyridine rings is 1. The van der Waals surface area contributed by atoms with Crippen LogP contribution in [0.3, 0.4) is 0 Å². The molecule has 2 heterocycles. The Morgan fingerprint density at radius 3 is 3.06 bits per heavy atom. The Labute approximate surface area is 108 Å². The molecule has 2 rings (SSSR count). The summed E-state index contributed by atoms with van der Waals surface area (Å²) in [6.45, 7) is 4.42. The molecule has 1 fully saturated rings. The number of aliphatic hydroxyl groups excluding tert-OH is 1. The quantitative estimate of drug-likeness (QED) is 0.887. The molecule has 0 radical (unpaired) electrons. The van der Waals surface area contributed by atoms with E-state index in [9.17, 15) is 9.90 Å². The second-order valence-electron chi connectivity index (χ2n) is 5.04. The molecule has 1 aliphatic rings. The summed E-state index contributed by atoms with van der Waals surface area (Å²) in [5.41, 5.74) is 1.36. The van der Waals surface area contributed by atoms with Crippen molar-refractivity contribution in [3.8, 4) is 0 Å². The van der Waals surface area contributed by atoms with Crippen molar-refractivity contribution in [3.63, 3.8) is 0 Å². The molecule has 4 heteroatoms. The first kappa shape index (κ1) is 13.0. The minimum absolute atomic E-state index is 0.0122. The molecule has 2 atom stereocenters. The van der Waals surface area contributed by atoms with Crippen LogP contribution in [-0.4, -0.2) is 39.6 Å². The first-order valence-corrected chi connectivity index (χ1v) is 6.50. The minimum atomic E-state index is -0.367. The largest absolute Gasteiger partial charge is 0.393 e. The molecule has 1 aliphatic heterocycles. The number of aliphatic hydroxyl groups is 1. The molecule has 2 unspecified atom stereocenters. The summed E-state index contributed by atoms with van der Waals surface area (Å²) in [5.74, 6) is -0.0122. The second-order valence-corrected chi connectivity index (χ2v) is 5.04. The van der Waals surface area contributed by atoms with Gasteiger partial charge in [0.2, 0.25) is 0 Å². The number of nitrogens with zero attached hydrogens (tertiary/aromatic N) is 2. The molecule has 1 aromatic heterocycles. The zero-order valence-corrected chi connectivity index (χ0v) is 11.0. The number of hydrogen-bond donors (Lipinski definition) is 1. The van der Waals surface area contributed by atoms with E-state index in [1.165, 1.54) is 0 Å². The van der Waals surface area contributed by atoms with Crippen LogP contribution in [-0.2, 0) is 0 Å². The molecular formula is C14H20N2O2. The summed E-state index contributed by atoms with van der Waals surface area (Å²) < 4.78 is 0. The number of amides is 1. The average molecular weight is 248 g/mol. The Hall–Kier alpha value is -1.42. The zero-order chi connectivity index (χ0) is 13.1. The molecule has 98 valence electrons. The first-order valence-electron chi connectivity index (χ1n) is 6.50. The average Bonchev–Trinajstić information content (AvgIpc) is 2.75. The molecular weight excluding hydrogens is 228 g/mol. The number of hydrogen-bond acceptors (Lipinski definition) is 3. The number of carbonyl (C=O) groups excluding carboxylic acids is 1. The summed E-state index contributed by atoms with van der Waals surface area (Å²) in [5, 5.41) is 9.47. The smallest absolute Gasteiger partial charge is 0.272 e. The molecule has 0 bridgehead atoms. The van der Waals surface area contributed by atoms with Gasteiger partial charge in [-0.3, -0.25) is 4.79 Å². The lowest BCUT2D eigenvalue weighted by atomic mass is 10.1. The molecule has 0 aliphatic carbocycles. The van der Waals surface area contributed by atoms with Gasteiger partial charge in [-0.05, 0) is 45.2 Å². The zero-order valence-electron chi connectivity index (χ0n) is 11.0. The van der Waals surface area contributed by atoms with Crippen LogP contribution in [0.5, 0.6) is 0 Å². The number of likely N-dealkylation sites (tertiary alicyclic amines) is 1. The maximum absolute atomic E-state index is 12.4. The van der Waals surface area contributed by atoms with Crippen LogP contribution in [0.4, 0.5) is 0 Å². The van der Waals surface area contributed by atoms with E-state index in [-0.39, 0.29) is 18.1 Å². The molecule has 1 N–H and O–H groups in total. The molecule has 0 saturated carbocycles. The van der Waals surface area contributed by atoms with Gasteiger partial charge < -0.3 is 10.0 Å². The van der Waals surface area contributed by atoms with Crippen molar-refractivity contribution in [3.05, 3.63) is 29.6 Å². The van der Waals surface area contributed by atoms with Gasteiger partial charge in [0.1, 0.15) is 5.69 Å². The monoisotopic (exact) mass is 248 g/mol. The Morgan fingerprint density at radius 2 is 2.39 bits per heavy atom. The summed E-state index contributed by atoms with van der Waals surface area (Å²) in [4.78, 5) is 18.5. The lowest BCUT2D eigenvalue weighted by Crippen LogP contribution is -2.37. The highest BCUT2D eigenvalue weighted by atomic mass is 16.3. The van der Waals surface area contributed by atoms with E-state index in [0.29, 0.717) is 12.1 Å². The van der Waals surface area contributed by atoms with Gasteiger partial charge in [-0.25, -0.2) is 4.98 Å². The predicted octanol–water partition coefficient (Wildman–Crippen LogP) is 1.77. The molecule has 18 heavy (non-hydrogen) atoms. The minimum Gasteiger partial charge on any atom is -0.393 e. The van der Waals surface area contributed by atoms with Crippen LogP contribution in [0, 0.1) is 6.92 Å². The molecule has 4 nitrogen and oxygen atoms in total. The molecule has 0 spiro atoms. The third-order valence-electron chi connectivity index (χ3n) is 3.36. The third kappa shape index (κ3) is 2.88. The topological polar surface area (TPSA) is 53.4 Å². The van der Waals surface area contributed by atoms with Crippen molar-refractivity contribution in [1.82, 2.24) is 9.88 Å². The van der Waals surface area contributed by atoms with Crippen molar-refractivity contribution in [1.29, 1.82) is 0 Å². The van der Waals surface area contributed by atoms with Gasteiger partial charge in [-0.15, -0.1) is 0 Å². The van der Waals surface area contributed by atoms with E-state index in [1.54, 1.807) is 13.0 Å². The van der Waals surface area contributed by atoms with Crippen LogP contribution < -0.4 is 0 Å². The van der Waals surface area contributed by atoms with E-state index in [1.807, 2.05) is 24.0 Å². The van der Waals surface area contributed by atoms with Gasteiger partial charge in [0.05, 0.1) is 6.10 Å². The lowest BCUT2D eigenvalue weighted by Gasteiger charge is -2.25. The number of carbonyl (C=O) groups is 1. The van der Waals surface area contributed by atoms with E-state index in [2.05, 4.69) is 4.98 Å². The second kappa shape index (κ2) is 5.48. The summed E-state index contributed by atoms with van der Waals surface area (Å²) in [6.07, 6.45) is 2.27. The van der Waals surface area contributed by atoms with E-state index < -0.39 is 0 Å². The molecule has 1 saturated heterocycles. The molecule has 0 aromatic carbocycles. The van der Waals surface area contributed by atoms with Gasteiger partial charge >= 0.3 is 0 Å². The van der Waals surface area contributed by atoms with E-state index in [4.69, 9.17) is 0 Å². The van der Waals surface area contributed by atoms with Crippen LogP contribution >= 0.6 is 0 Å². The highest BCUT2D eigenvalue weighted by Crippen LogP contribution is 2.23. The Kier molecular flexibility index (Phi) is 3.97. The van der Waals surface area contributed by atoms with Gasteiger partial charge in [0.15, 0.2) is 0 Å². The molecule has 1 amide bonds. The number of aryl methyl sites for hydroxylation is 1. The lowest BCUT2D eigenvalue weighted by molar-refractivity contribution is 0.0676. The van der Waals surface area contributed by atoms with Crippen LogP contribution in [0.1, 0.15) is 42.4 Å². The summed E-state index contributed by atoms with van der Waals surface area (Å²) >= 11 is 0. The number of rotatable bonds is 3. The summed E-state index contributed by atoms with van der Waals surface area (Å²) in [6, 6.07) is 5.65. The van der Waals surface area contributed by atoms with Crippen molar-refractivity contribution in [2.24, 2.45) is 0 Å². The van der Waals surface area contributed by atoms with Gasteiger partial charge in [0, 0.05) is 18.3 Å². The van der Waals surface area contributed by atoms with Gasteiger partial charge in [0.25, 0.3) is 5.91 Å². The van der Waals surface area contributed by atoms with E-state index in [0.717, 1.165) is 25.1 Å². The Balaban J connectivity index is 2.12. The van der Waals surface area contributed by atoms with Crippen molar-refractivity contribution < 1.29 is 9.90 Å². The third-order valence-corrected chi connectivity index (χ3v) is 3.36. The Bertz CT molecular complexity index is 432. The van der Waals surface area contributed by atoms with Crippen LogP contribution in [0.2, 0.25) is 0 Å². The fourth-order valence-electron chi connectivity index (χ4n) is 2.55. The highest BCUT2D eigenvalue weighted by molar-refractivity contribution is 5.92. The standard InChI is InChI=1S/C14H20N2O2/c1-10-5-3-7-13(15-10)14(18)16-8-4-6-12(16)9-11(2)17/h3,5,7,11-12,17H,4,6,8-9H2,1-2H3. The SMILES string of the molecule is Cc1cccc(C(=O)N2CCCC2CC(C)O)n1. The predicted molar refractivity (Wildman–Crippen MR) is 69.3 cm³/mol. The van der Waals surface area contributed by atoms with E-state index >= 15 is 0 Å². The first-order chi connectivity index (χ1) is 8.58. The summed E-state index contributed by atoms with van der Waals surface area (Å²) in [7, 11) is 0. The van der Waals surface area contributed by atoms with Crippen molar-refractivity contribution in [2.75, 3.05) is 6.54 Å². The fourth-order valence-corrected chi connectivity index (χ4v) is 2.55. The van der Waals surface area contributed by atoms with Crippen molar-refractivity contribution in [2.45, 2.75) is 45.3 Å². The fraction of sp³-hybridized carbons (Fsp3) is 0.571. The highest BCUT2D eigenvalue weighted by Gasteiger charge is 2.30. The number of aromatic nitrogens is 1.